The van der Waals surface area contributed by atoms with Gasteiger partial charge in [0.1, 0.15) is 0 Å². The third-order valence-electron chi connectivity index (χ3n) is 3.59. The lowest BCUT2D eigenvalue weighted by molar-refractivity contribution is 0.0658. The molecule has 2 heterocycles. The molecule has 5 heteroatoms. The van der Waals surface area contributed by atoms with Gasteiger partial charge in [-0.05, 0) is 31.9 Å². The van der Waals surface area contributed by atoms with Crippen molar-refractivity contribution >= 4 is 11.6 Å². The molecular weight excluding hydrogens is 240 g/mol. The normalized spacial score (nSPS) is 16.3. The van der Waals surface area contributed by atoms with Crippen LogP contribution in [0.1, 0.15) is 31.4 Å². The van der Waals surface area contributed by atoms with Crippen molar-refractivity contribution in [2.24, 2.45) is 0 Å². The Balaban J connectivity index is 1.52. The number of nitrogens with zero attached hydrogens (tertiary/aromatic N) is 3. The van der Waals surface area contributed by atoms with Crippen LogP contribution in [-0.4, -0.2) is 33.9 Å². The van der Waals surface area contributed by atoms with Crippen molar-refractivity contribution in [2.45, 2.75) is 38.7 Å². The lowest BCUT2D eigenvalue weighted by Crippen LogP contribution is -2.15. The van der Waals surface area contributed by atoms with E-state index in [4.69, 9.17) is 4.74 Å². The highest BCUT2D eigenvalue weighted by Gasteiger charge is 2.14. The molecule has 102 valence electrons. The molecule has 0 unspecified atom stereocenters. The van der Waals surface area contributed by atoms with Crippen LogP contribution >= 0.6 is 0 Å². The second-order valence-corrected chi connectivity index (χ2v) is 5.08. The quantitative estimate of drug-likeness (QED) is 0.839. The van der Waals surface area contributed by atoms with Crippen molar-refractivity contribution in [1.29, 1.82) is 0 Å². The Hall–Kier alpha value is -1.62. The number of nitrogens with one attached hydrogen (secondary N) is 1. The Morgan fingerprint density at radius 3 is 3.00 bits per heavy atom. The Bertz CT molecular complexity index is 545. The molecule has 0 amide bonds. The number of rotatable bonds is 5. The molecule has 1 N–H and O–H groups in total. The summed E-state index contributed by atoms with van der Waals surface area (Å²) in [5.41, 5.74) is 1.96. The topological polar surface area (TPSA) is 51.5 Å². The summed E-state index contributed by atoms with van der Waals surface area (Å²) >= 11 is 0. The lowest BCUT2D eigenvalue weighted by Gasteiger charge is -2.10. The monoisotopic (exact) mass is 260 g/mol. The minimum Gasteiger partial charge on any atom is -0.376 e. The summed E-state index contributed by atoms with van der Waals surface area (Å²) in [5, 5.41) is 7.64. The maximum Gasteiger partial charge on any atom is 0.243 e. The highest BCUT2D eigenvalue weighted by molar-refractivity contribution is 5.44. The first kappa shape index (κ1) is 12.4. The minimum absolute atomic E-state index is 0.470. The van der Waals surface area contributed by atoms with Crippen LogP contribution in [-0.2, 0) is 4.74 Å². The van der Waals surface area contributed by atoms with Crippen LogP contribution in [0, 0.1) is 6.92 Å². The summed E-state index contributed by atoms with van der Waals surface area (Å²) in [6.45, 7) is 3.50. The third kappa shape index (κ3) is 2.87. The van der Waals surface area contributed by atoms with E-state index in [9.17, 15) is 0 Å². The number of anilines is 1. The molecule has 0 spiro atoms. The molecule has 3 rings (SSSR count). The molecule has 1 fully saturated rings. The van der Waals surface area contributed by atoms with E-state index in [0.29, 0.717) is 12.1 Å². The molecule has 2 aromatic rings. The van der Waals surface area contributed by atoms with Gasteiger partial charge in [-0.3, -0.25) is 0 Å². The number of hydrogen-bond acceptors (Lipinski definition) is 4. The Labute approximate surface area is 113 Å². The molecule has 1 aliphatic carbocycles. The number of hydrogen-bond donors (Lipinski definition) is 1. The second-order valence-electron chi connectivity index (χ2n) is 5.08. The molecule has 1 saturated carbocycles. The van der Waals surface area contributed by atoms with E-state index < -0.39 is 0 Å². The van der Waals surface area contributed by atoms with Crippen molar-refractivity contribution in [1.82, 2.24) is 14.6 Å². The predicted molar refractivity (Wildman–Crippen MR) is 74.4 cm³/mol. The first-order valence-corrected chi connectivity index (χ1v) is 7.01. The number of pyridine rings is 1. The van der Waals surface area contributed by atoms with Crippen molar-refractivity contribution in [3.8, 4) is 0 Å². The zero-order chi connectivity index (χ0) is 13.1. The van der Waals surface area contributed by atoms with Gasteiger partial charge in [-0.15, -0.1) is 5.10 Å². The van der Waals surface area contributed by atoms with Gasteiger partial charge < -0.3 is 10.1 Å². The van der Waals surface area contributed by atoms with Gasteiger partial charge in [-0.25, -0.2) is 4.52 Å². The molecule has 0 aromatic carbocycles. The first-order valence-electron chi connectivity index (χ1n) is 7.01. The van der Waals surface area contributed by atoms with Gasteiger partial charge in [0.15, 0.2) is 5.65 Å². The van der Waals surface area contributed by atoms with Gasteiger partial charge in [0, 0.05) is 12.2 Å². The molecule has 1 aliphatic rings. The summed E-state index contributed by atoms with van der Waals surface area (Å²) < 4.78 is 7.64. The third-order valence-corrected chi connectivity index (χ3v) is 3.59. The Morgan fingerprint density at radius 2 is 2.21 bits per heavy atom. The average molecular weight is 260 g/mol. The standard InChI is InChI=1S/C14H20N4O/c1-11-5-4-8-13-16-14(17-18(11)13)15-9-10-19-12-6-2-3-7-12/h4-5,8,12H,2-3,6-7,9-10H2,1H3,(H,15,17). The van der Waals surface area contributed by atoms with Gasteiger partial charge in [0.05, 0.1) is 12.7 Å². The van der Waals surface area contributed by atoms with Crippen LogP contribution in [0.4, 0.5) is 5.95 Å². The fraction of sp³-hybridized carbons (Fsp3) is 0.571. The maximum absolute atomic E-state index is 5.80. The summed E-state index contributed by atoms with van der Waals surface area (Å²) in [4.78, 5) is 4.43. The highest BCUT2D eigenvalue weighted by atomic mass is 16.5. The van der Waals surface area contributed by atoms with Crippen molar-refractivity contribution < 1.29 is 4.74 Å². The highest BCUT2D eigenvalue weighted by Crippen LogP contribution is 2.20. The Morgan fingerprint density at radius 1 is 1.37 bits per heavy atom. The lowest BCUT2D eigenvalue weighted by atomic mass is 10.3. The first-order chi connectivity index (χ1) is 9.33. The van der Waals surface area contributed by atoms with Crippen LogP contribution in [0.3, 0.4) is 0 Å². The molecule has 19 heavy (non-hydrogen) atoms. The van der Waals surface area contributed by atoms with E-state index in [-0.39, 0.29) is 0 Å². The van der Waals surface area contributed by atoms with Gasteiger partial charge in [-0.1, -0.05) is 18.9 Å². The van der Waals surface area contributed by atoms with Crippen LogP contribution < -0.4 is 5.32 Å². The SMILES string of the molecule is Cc1cccc2nc(NCCOC3CCCC3)nn12. The van der Waals surface area contributed by atoms with E-state index >= 15 is 0 Å². The molecule has 0 atom stereocenters. The zero-order valence-corrected chi connectivity index (χ0v) is 11.3. The van der Waals surface area contributed by atoms with Crippen LogP contribution in [0.5, 0.6) is 0 Å². The van der Waals surface area contributed by atoms with Crippen molar-refractivity contribution in [2.75, 3.05) is 18.5 Å². The molecule has 2 aromatic heterocycles. The summed E-state index contributed by atoms with van der Waals surface area (Å²) in [6, 6.07) is 5.97. The number of fused-ring (bicyclic) bond motifs is 1. The molecule has 5 nitrogen and oxygen atoms in total. The molecule has 0 aliphatic heterocycles. The molecule has 0 bridgehead atoms. The summed E-state index contributed by atoms with van der Waals surface area (Å²) in [6.07, 6.45) is 5.52. The van der Waals surface area contributed by atoms with Gasteiger partial charge in [-0.2, -0.15) is 4.98 Å². The smallest absolute Gasteiger partial charge is 0.243 e. The van der Waals surface area contributed by atoms with E-state index in [0.717, 1.165) is 24.5 Å². The van der Waals surface area contributed by atoms with E-state index in [1.54, 1.807) is 0 Å². The molecule has 0 radical (unpaired) electrons. The van der Waals surface area contributed by atoms with Gasteiger partial charge in [0.2, 0.25) is 5.95 Å². The maximum atomic E-state index is 5.80. The molecule has 0 saturated heterocycles. The van der Waals surface area contributed by atoms with Crippen LogP contribution in [0.15, 0.2) is 18.2 Å². The summed E-state index contributed by atoms with van der Waals surface area (Å²) in [5.74, 6) is 0.671. The van der Waals surface area contributed by atoms with Crippen LogP contribution in [0.2, 0.25) is 0 Å². The average Bonchev–Trinajstić information content (AvgIpc) is 3.04. The number of aromatic nitrogens is 3. The minimum atomic E-state index is 0.470. The van der Waals surface area contributed by atoms with Crippen molar-refractivity contribution in [3.05, 3.63) is 23.9 Å². The zero-order valence-electron chi connectivity index (χ0n) is 11.3. The van der Waals surface area contributed by atoms with E-state index in [1.165, 1.54) is 25.7 Å². The van der Waals surface area contributed by atoms with Gasteiger partial charge >= 0.3 is 0 Å². The van der Waals surface area contributed by atoms with E-state index in [1.807, 2.05) is 29.6 Å². The van der Waals surface area contributed by atoms with Crippen molar-refractivity contribution in [3.63, 3.8) is 0 Å². The van der Waals surface area contributed by atoms with Gasteiger partial charge in [0.25, 0.3) is 0 Å². The fourth-order valence-corrected chi connectivity index (χ4v) is 2.55. The van der Waals surface area contributed by atoms with Crippen LogP contribution in [0.25, 0.3) is 5.65 Å². The molecular formula is C14H20N4O. The van der Waals surface area contributed by atoms with E-state index in [2.05, 4.69) is 15.4 Å². The largest absolute Gasteiger partial charge is 0.376 e. The second kappa shape index (κ2) is 5.57. The number of aryl methyl sites for hydroxylation is 1. The Kier molecular flexibility index (Phi) is 3.64. The fourth-order valence-electron chi connectivity index (χ4n) is 2.55. The number of ether oxygens (including phenoxy) is 1. The summed E-state index contributed by atoms with van der Waals surface area (Å²) in [7, 11) is 0. The predicted octanol–water partition coefficient (Wildman–Crippen LogP) is 2.41.